The summed E-state index contributed by atoms with van der Waals surface area (Å²) in [4.78, 5) is 28.0. The highest BCUT2D eigenvalue weighted by Crippen LogP contribution is 2.33. The Hall–Kier alpha value is -2.34. The zero-order chi connectivity index (χ0) is 16.7. The molecule has 6 heteroatoms. The summed E-state index contributed by atoms with van der Waals surface area (Å²) >= 11 is 1.76. The van der Waals surface area contributed by atoms with E-state index in [0.717, 1.165) is 18.5 Å². The summed E-state index contributed by atoms with van der Waals surface area (Å²) < 4.78 is 6.76. The normalized spacial score (nSPS) is 17.2. The third-order valence-corrected chi connectivity index (χ3v) is 5.72. The van der Waals surface area contributed by atoms with Crippen molar-refractivity contribution in [2.75, 3.05) is 6.54 Å². The van der Waals surface area contributed by atoms with Gasteiger partial charge >= 0.3 is 5.76 Å². The van der Waals surface area contributed by atoms with Crippen LogP contribution < -0.4 is 5.76 Å². The average molecular weight is 342 g/mol. The quantitative estimate of drug-likeness (QED) is 0.734. The molecular formula is C18H18N2O3S. The predicted molar refractivity (Wildman–Crippen MR) is 93.2 cm³/mol. The standard InChI is InChI=1S/C18H18N2O3S/c1-12-13-8-11-24-16(13)6-9-19(12)17(21)7-10-20-14-4-2-3-5-15(14)23-18(20)22/h2-5,8,11-12H,6-7,9-10H2,1H3. The van der Waals surface area contributed by atoms with Gasteiger partial charge < -0.3 is 9.32 Å². The van der Waals surface area contributed by atoms with E-state index < -0.39 is 5.76 Å². The van der Waals surface area contributed by atoms with E-state index in [1.807, 2.05) is 23.1 Å². The van der Waals surface area contributed by atoms with E-state index >= 15 is 0 Å². The van der Waals surface area contributed by atoms with Crippen molar-refractivity contribution in [3.63, 3.8) is 0 Å². The number of nitrogens with zero attached hydrogens (tertiary/aromatic N) is 2. The number of carbonyl (C=O) groups is 1. The molecule has 24 heavy (non-hydrogen) atoms. The number of hydrogen-bond acceptors (Lipinski definition) is 4. The van der Waals surface area contributed by atoms with Gasteiger partial charge in [0.05, 0.1) is 11.6 Å². The zero-order valence-corrected chi connectivity index (χ0v) is 14.2. The van der Waals surface area contributed by atoms with Crippen molar-refractivity contribution in [2.24, 2.45) is 0 Å². The molecule has 4 rings (SSSR count). The van der Waals surface area contributed by atoms with Gasteiger partial charge in [0, 0.05) is 24.4 Å². The third-order valence-electron chi connectivity index (χ3n) is 4.72. The van der Waals surface area contributed by atoms with Crippen molar-refractivity contribution < 1.29 is 9.21 Å². The molecule has 124 valence electrons. The first-order valence-electron chi connectivity index (χ1n) is 8.09. The molecule has 0 spiro atoms. The number of fused-ring (bicyclic) bond motifs is 2. The average Bonchev–Trinajstić information content (AvgIpc) is 3.17. The fourth-order valence-corrected chi connectivity index (χ4v) is 4.39. The van der Waals surface area contributed by atoms with Crippen molar-refractivity contribution in [2.45, 2.75) is 32.4 Å². The minimum absolute atomic E-state index is 0.0801. The van der Waals surface area contributed by atoms with Crippen LogP contribution in [0.1, 0.15) is 29.8 Å². The van der Waals surface area contributed by atoms with Crippen LogP contribution in [0, 0.1) is 0 Å². The Kier molecular flexibility index (Phi) is 3.76. The molecule has 1 aliphatic heterocycles. The Morgan fingerprint density at radius 1 is 1.33 bits per heavy atom. The molecule has 0 bridgehead atoms. The number of aryl methyl sites for hydroxylation is 1. The number of benzene rings is 1. The number of thiophene rings is 1. The fourth-order valence-electron chi connectivity index (χ4n) is 3.43. The summed E-state index contributed by atoms with van der Waals surface area (Å²) in [6, 6.07) is 9.50. The topological polar surface area (TPSA) is 55.5 Å². The number of carbonyl (C=O) groups excluding carboxylic acids is 1. The first-order chi connectivity index (χ1) is 11.6. The van der Waals surface area contributed by atoms with E-state index in [1.165, 1.54) is 15.0 Å². The summed E-state index contributed by atoms with van der Waals surface area (Å²) in [7, 11) is 0. The Morgan fingerprint density at radius 3 is 3.04 bits per heavy atom. The smallest absolute Gasteiger partial charge is 0.408 e. The Labute approximate surface area is 143 Å². The molecule has 0 saturated carbocycles. The lowest BCUT2D eigenvalue weighted by molar-refractivity contribution is -0.134. The maximum Gasteiger partial charge on any atom is 0.419 e. The van der Waals surface area contributed by atoms with Gasteiger partial charge in [0.15, 0.2) is 5.58 Å². The minimum Gasteiger partial charge on any atom is -0.408 e. The number of para-hydroxylation sites is 2. The van der Waals surface area contributed by atoms with Crippen LogP contribution in [0.2, 0.25) is 0 Å². The van der Waals surface area contributed by atoms with Crippen LogP contribution in [-0.4, -0.2) is 21.9 Å². The molecule has 3 heterocycles. The van der Waals surface area contributed by atoms with Crippen LogP contribution in [0.5, 0.6) is 0 Å². The molecule has 1 aromatic carbocycles. The SMILES string of the molecule is CC1c2ccsc2CCN1C(=O)CCn1c(=O)oc2ccccc21. The van der Waals surface area contributed by atoms with Gasteiger partial charge in [-0.1, -0.05) is 12.1 Å². The van der Waals surface area contributed by atoms with Crippen LogP contribution in [0.15, 0.2) is 44.9 Å². The lowest BCUT2D eigenvalue weighted by Gasteiger charge is -2.33. The van der Waals surface area contributed by atoms with E-state index in [2.05, 4.69) is 18.4 Å². The third kappa shape index (κ3) is 2.47. The fraction of sp³-hybridized carbons (Fsp3) is 0.333. The van der Waals surface area contributed by atoms with Gasteiger partial charge in [0.1, 0.15) is 0 Å². The predicted octanol–water partition coefficient (Wildman–Crippen LogP) is 3.19. The molecule has 0 fully saturated rings. The van der Waals surface area contributed by atoms with E-state index in [1.54, 1.807) is 17.4 Å². The second-order valence-corrected chi connectivity index (χ2v) is 7.05. The Morgan fingerprint density at radius 2 is 2.17 bits per heavy atom. The van der Waals surface area contributed by atoms with E-state index in [-0.39, 0.29) is 11.9 Å². The highest BCUT2D eigenvalue weighted by Gasteiger charge is 2.28. The molecule has 0 saturated heterocycles. The van der Waals surface area contributed by atoms with Crippen molar-refractivity contribution in [3.8, 4) is 0 Å². The highest BCUT2D eigenvalue weighted by atomic mass is 32.1. The molecule has 2 aromatic heterocycles. The maximum atomic E-state index is 12.7. The lowest BCUT2D eigenvalue weighted by atomic mass is 10.0. The summed E-state index contributed by atoms with van der Waals surface area (Å²) in [6.07, 6.45) is 1.21. The summed E-state index contributed by atoms with van der Waals surface area (Å²) in [5, 5.41) is 2.09. The number of amides is 1. The molecule has 0 N–H and O–H groups in total. The molecule has 1 aliphatic rings. The number of oxazole rings is 1. The van der Waals surface area contributed by atoms with Gasteiger partial charge in [-0.05, 0) is 42.5 Å². The second kappa shape index (κ2) is 5.94. The van der Waals surface area contributed by atoms with Gasteiger partial charge in [-0.15, -0.1) is 11.3 Å². The van der Waals surface area contributed by atoms with Crippen LogP contribution in [0.4, 0.5) is 0 Å². The lowest BCUT2D eigenvalue weighted by Crippen LogP contribution is -2.38. The molecule has 1 amide bonds. The van der Waals surface area contributed by atoms with Gasteiger partial charge in [0.25, 0.3) is 0 Å². The first kappa shape index (κ1) is 15.2. The summed E-state index contributed by atoms with van der Waals surface area (Å²) in [5.74, 6) is -0.327. The van der Waals surface area contributed by atoms with Gasteiger partial charge in [-0.3, -0.25) is 9.36 Å². The molecule has 1 unspecified atom stereocenters. The molecular weight excluding hydrogens is 324 g/mol. The van der Waals surface area contributed by atoms with Crippen LogP contribution in [-0.2, 0) is 17.8 Å². The van der Waals surface area contributed by atoms with Crippen molar-refractivity contribution in [1.29, 1.82) is 0 Å². The van der Waals surface area contributed by atoms with E-state index in [0.29, 0.717) is 18.5 Å². The van der Waals surface area contributed by atoms with E-state index in [9.17, 15) is 9.59 Å². The monoisotopic (exact) mass is 342 g/mol. The second-order valence-electron chi connectivity index (χ2n) is 6.05. The van der Waals surface area contributed by atoms with Crippen LogP contribution >= 0.6 is 11.3 Å². The molecule has 1 atom stereocenters. The van der Waals surface area contributed by atoms with Gasteiger partial charge in [0.2, 0.25) is 5.91 Å². The maximum absolute atomic E-state index is 12.7. The minimum atomic E-state index is -0.407. The zero-order valence-electron chi connectivity index (χ0n) is 13.4. The van der Waals surface area contributed by atoms with Crippen molar-refractivity contribution in [1.82, 2.24) is 9.47 Å². The van der Waals surface area contributed by atoms with Crippen LogP contribution in [0.3, 0.4) is 0 Å². The largest absolute Gasteiger partial charge is 0.419 e. The molecule has 5 nitrogen and oxygen atoms in total. The number of aromatic nitrogens is 1. The number of rotatable bonds is 3. The summed E-state index contributed by atoms with van der Waals surface area (Å²) in [5.41, 5.74) is 2.55. The van der Waals surface area contributed by atoms with Crippen molar-refractivity contribution >= 4 is 28.3 Å². The van der Waals surface area contributed by atoms with Crippen molar-refractivity contribution in [3.05, 3.63) is 56.7 Å². The van der Waals surface area contributed by atoms with Gasteiger partial charge in [-0.25, -0.2) is 4.79 Å². The molecule has 0 radical (unpaired) electrons. The molecule has 0 aliphatic carbocycles. The highest BCUT2D eigenvalue weighted by molar-refractivity contribution is 7.10. The molecule has 3 aromatic rings. The van der Waals surface area contributed by atoms with E-state index in [4.69, 9.17) is 4.42 Å². The summed E-state index contributed by atoms with van der Waals surface area (Å²) in [6.45, 7) is 3.16. The Bertz CT molecular complexity index is 952. The van der Waals surface area contributed by atoms with Crippen LogP contribution in [0.25, 0.3) is 11.1 Å². The Balaban J connectivity index is 1.51. The van der Waals surface area contributed by atoms with Gasteiger partial charge in [-0.2, -0.15) is 0 Å². The first-order valence-corrected chi connectivity index (χ1v) is 8.97. The number of hydrogen-bond donors (Lipinski definition) is 0.